The maximum Gasteiger partial charge on any atom is 0.0739 e. The minimum atomic E-state index is 0.598. The fraction of sp³-hybridized carbons (Fsp3) is 0.812. The third kappa shape index (κ3) is 4.54. The van der Waals surface area contributed by atoms with E-state index in [1.54, 1.807) is 0 Å². The molecule has 0 aromatic carbocycles. The summed E-state index contributed by atoms with van der Waals surface area (Å²) in [5.74, 6) is 0.838. The zero-order valence-corrected chi connectivity index (χ0v) is 15.4. The number of piperidine rings is 1. The van der Waals surface area contributed by atoms with Gasteiger partial charge in [0.15, 0.2) is 0 Å². The van der Waals surface area contributed by atoms with Crippen LogP contribution in [0.25, 0.3) is 0 Å². The topological polar surface area (TPSA) is 33.1 Å². The van der Waals surface area contributed by atoms with Crippen molar-refractivity contribution in [2.45, 2.75) is 59.7 Å². The highest BCUT2D eigenvalue weighted by atomic mass is 79.9. The minimum absolute atomic E-state index is 0.598. The summed E-state index contributed by atoms with van der Waals surface area (Å²) in [6.07, 6.45) is 2.60. The average Bonchev–Trinajstić information content (AvgIpc) is 2.74. The van der Waals surface area contributed by atoms with E-state index in [1.807, 2.05) is 0 Å². The molecular formula is C16H29BrN4. The molecule has 21 heavy (non-hydrogen) atoms. The summed E-state index contributed by atoms with van der Waals surface area (Å²) >= 11 is 3.70. The number of nitrogens with one attached hydrogen (secondary N) is 1. The van der Waals surface area contributed by atoms with Gasteiger partial charge in [-0.25, -0.2) is 0 Å². The second kappa shape index (κ2) is 7.75. The van der Waals surface area contributed by atoms with Crippen molar-refractivity contribution in [2.75, 3.05) is 19.6 Å². The van der Waals surface area contributed by atoms with Crippen molar-refractivity contribution in [3.63, 3.8) is 0 Å². The molecule has 0 radical (unpaired) electrons. The first-order valence-corrected chi connectivity index (χ1v) is 8.98. The monoisotopic (exact) mass is 356 g/mol. The van der Waals surface area contributed by atoms with Gasteiger partial charge in [-0.3, -0.25) is 9.58 Å². The van der Waals surface area contributed by atoms with Gasteiger partial charge in [0.1, 0.15) is 0 Å². The molecule has 0 bridgehead atoms. The van der Waals surface area contributed by atoms with Crippen molar-refractivity contribution in [3.8, 4) is 0 Å². The maximum atomic E-state index is 4.59. The van der Waals surface area contributed by atoms with E-state index >= 15 is 0 Å². The van der Waals surface area contributed by atoms with Gasteiger partial charge in [0, 0.05) is 19.1 Å². The Balaban J connectivity index is 1.86. The van der Waals surface area contributed by atoms with Gasteiger partial charge < -0.3 is 5.32 Å². The van der Waals surface area contributed by atoms with E-state index in [-0.39, 0.29) is 0 Å². The summed E-state index contributed by atoms with van der Waals surface area (Å²) in [7, 11) is 0. The van der Waals surface area contributed by atoms with Gasteiger partial charge in [-0.1, -0.05) is 13.8 Å². The van der Waals surface area contributed by atoms with Crippen LogP contribution in [0.5, 0.6) is 0 Å². The molecular weight excluding hydrogens is 328 g/mol. The van der Waals surface area contributed by atoms with Crippen molar-refractivity contribution in [1.82, 2.24) is 20.0 Å². The quantitative estimate of drug-likeness (QED) is 0.849. The third-order valence-electron chi connectivity index (χ3n) is 4.35. The summed E-state index contributed by atoms with van der Waals surface area (Å²) < 4.78 is 3.32. The Bertz CT molecular complexity index is 447. The normalized spacial score (nSPS) is 17.8. The Kier molecular flexibility index (Phi) is 6.26. The van der Waals surface area contributed by atoms with E-state index in [2.05, 4.69) is 63.6 Å². The molecule has 1 aliphatic heterocycles. The Morgan fingerprint density at radius 3 is 2.57 bits per heavy atom. The highest BCUT2D eigenvalue weighted by molar-refractivity contribution is 9.10. The molecule has 1 fully saturated rings. The molecule has 4 nitrogen and oxygen atoms in total. The molecule has 1 saturated heterocycles. The molecule has 1 N–H and O–H groups in total. The largest absolute Gasteiger partial charge is 0.314 e. The molecule has 2 heterocycles. The lowest BCUT2D eigenvalue weighted by Crippen LogP contribution is -2.38. The fourth-order valence-electron chi connectivity index (χ4n) is 2.98. The van der Waals surface area contributed by atoms with Crippen LogP contribution in [-0.2, 0) is 13.1 Å². The van der Waals surface area contributed by atoms with Crippen molar-refractivity contribution < 1.29 is 0 Å². The van der Waals surface area contributed by atoms with Gasteiger partial charge >= 0.3 is 0 Å². The van der Waals surface area contributed by atoms with Gasteiger partial charge in [0.05, 0.1) is 15.9 Å². The van der Waals surface area contributed by atoms with E-state index in [0.29, 0.717) is 6.04 Å². The van der Waals surface area contributed by atoms with E-state index in [1.165, 1.54) is 42.6 Å². The summed E-state index contributed by atoms with van der Waals surface area (Å²) in [6, 6.07) is 0.598. The van der Waals surface area contributed by atoms with E-state index < -0.39 is 0 Å². The molecule has 0 unspecified atom stereocenters. The Morgan fingerprint density at radius 1 is 1.33 bits per heavy atom. The fourth-order valence-corrected chi connectivity index (χ4v) is 3.39. The van der Waals surface area contributed by atoms with Crippen LogP contribution >= 0.6 is 15.9 Å². The molecule has 1 aliphatic rings. The van der Waals surface area contributed by atoms with E-state index in [4.69, 9.17) is 0 Å². The van der Waals surface area contributed by atoms with E-state index in [0.717, 1.165) is 24.7 Å². The Hall–Kier alpha value is -0.390. The minimum Gasteiger partial charge on any atom is -0.314 e. The number of aryl methyl sites for hydroxylation is 2. The molecule has 0 saturated carbocycles. The molecule has 1 aromatic heterocycles. The summed E-state index contributed by atoms with van der Waals surface area (Å²) in [6.45, 7) is 14.2. The van der Waals surface area contributed by atoms with Crippen LogP contribution in [0.1, 0.15) is 45.0 Å². The van der Waals surface area contributed by atoms with Crippen LogP contribution in [0.2, 0.25) is 0 Å². The van der Waals surface area contributed by atoms with Crippen molar-refractivity contribution in [1.29, 1.82) is 0 Å². The highest BCUT2D eigenvalue weighted by Gasteiger charge is 2.22. The number of hydrogen-bond donors (Lipinski definition) is 1. The number of hydrogen-bond acceptors (Lipinski definition) is 3. The van der Waals surface area contributed by atoms with Gasteiger partial charge in [-0.2, -0.15) is 5.10 Å². The molecule has 0 amide bonds. The van der Waals surface area contributed by atoms with Crippen LogP contribution < -0.4 is 5.32 Å². The molecule has 0 aliphatic carbocycles. The number of likely N-dealkylation sites (tertiary alicyclic amines) is 1. The molecule has 120 valence electrons. The molecule has 2 rings (SSSR count). The lowest BCUT2D eigenvalue weighted by molar-refractivity contribution is 0.170. The Labute approximate surface area is 137 Å². The van der Waals surface area contributed by atoms with Crippen LogP contribution in [0.15, 0.2) is 4.47 Å². The van der Waals surface area contributed by atoms with Crippen LogP contribution in [0.3, 0.4) is 0 Å². The van der Waals surface area contributed by atoms with Gasteiger partial charge in [0.2, 0.25) is 0 Å². The van der Waals surface area contributed by atoms with Gasteiger partial charge in [-0.15, -0.1) is 0 Å². The number of aromatic nitrogens is 2. The van der Waals surface area contributed by atoms with Crippen molar-refractivity contribution >= 4 is 15.9 Å². The second-order valence-electron chi connectivity index (χ2n) is 6.44. The predicted octanol–water partition coefficient (Wildman–Crippen LogP) is 3.18. The Morgan fingerprint density at radius 2 is 2.00 bits per heavy atom. The van der Waals surface area contributed by atoms with Crippen molar-refractivity contribution in [3.05, 3.63) is 15.9 Å². The predicted molar refractivity (Wildman–Crippen MR) is 91.5 cm³/mol. The molecule has 1 aromatic rings. The highest BCUT2D eigenvalue weighted by Crippen LogP contribution is 2.25. The summed E-state index contributed by atoms with van der Waals surface area (Å²) in [4.78, 5) is 2.57. The van der Waals surface area contributed by atoms with E-state index in [9.17, 15) is 0 Å². The first kappa shape index (κ1) is 17.0. The van der Waals surface area contributed by atoms with Gasteiger partial charge in [-0.05, 0) is 68.2 Å². The molecule has 0 spiro atoms. The number of halogens is 1. The summed E-state index contributed by atoms with van der Waals surface area (Å²) in [5.41, 5.74) is 2.43. The molecule has 5 heteroatoms. The lowest BCUT2D eigenvalue weighted by Gasteiger charge is -2.32. The average molecular weight is 357 g/mol. The van der Waals surface area contributed by atoms with Crippen LogP contribution in [0.4, 0.5) is 0 Å². The SMILES string of the molecule is CCn1nc(C)c(Br)c1CN1CCC(CNC(C)C)CC1. The lowest BCUT2D eigenvalue weighted by atomic mass is 9.96. The molecule has 0 atom stereocenters. The number of rotatable bonds is 6. The third-order valence-corrected chi connectivity index (χ3v) is 5.38. The second-order valence-corrected chi connectivity index (χ2v) is 7.24. The van der Waals surface area contributed by atoms with Crippen molar-refractivity contribution in [2.24, 2.45) is 5.92 Å². The smallest absolute Gasteiger partial charge is 0.0739 e. The zero-order valence-electron chi connectivity index (χ0n) is 13.8. The van der Waals surface area contributed by atoms with Crippen LogP contribution in [0, 0.1) is 12.8 Å². The first-order valence-electron chi connectivity index (χ1n) is 8.18. The van der Waals surface area contributed by atoms with Gasteiger partial charge in [0.25, 0.3) is 0 Å². The zero-order chi connectivity index (χ0) is 15.4. The standard InChI is InChI=1S/C16H29BrN4/c1-5-21-15(16(17)13(4)19-21)11-20-8-6-14(7-9-20)10-18-12(2)3/h12,14,18H,5-11H2,1-4H3. The number of nitrogens with zero attached hydrogens (tertiary/aromatic N) is 3. The van der Waals surface area contributed by atoms with Crippen LogP contribution in [-0.4, -0.2) is 40.4 Å². The maximum absolute atomic E-state index is 4.59. The first-order chi connectivity index (χ1) is 10.0. The summed E-state index contributed by atoms with van der Waals surface area (Å²) in [5, 5.41) is 8.16.